The van der Waals surface area contributed by atoms with Crippen molar-refractivity contribution in [1.82, 2.24) is 40.5 Å². The predicted molar refractivity (Wildman–Crippen MR) is 64.6 cm³/mol. The van der Waals surface area contributed by atoms with Crippen LogP contribution < -0.4 is 5.32 Å². The molecule has 0 bridgehead atoms. The molecule has 2 aromatic rings. The molecule has 0 aliphatic rings. The maximum absolute atomic E-state index is 4.05. The van der Waals surface area contributed by atoms with E-state index in [1.165, 1.54) is 0 Å². The summed E-state index contributed by atoms with van der Waals surface area (Å²) in [5.74, 6) is 0.810. The highest BCUT2D eigenvalue weighted by molar-refractivity contribution is 4.93. The number of hydrogen-bond donors (Lipinski definition) is 1. The molecule has 2 heterocycles. The minimum atomic E-state index is 0.549. The van der Waals surface area contributed by atoms with E-state index in [-0.39, 0.29) is 0 Å². The van der Waals surface area contributed by atoms with Gasteiger partial charge in [0.1, 0.15) is 6.54 Å². The quantitative estimate of drug-likeness (QED) is 0.734. The third-order valence-corrected chi connectivity index (χ3v) is 2.58. The van der Waals surface area contributed by atoms with Gasteiger partial charge in [0.05, 0.1) is 11.9 Å². The fraction of sp³-hybridized carbons (Fsp3) is 0.700. The third kappa shape index (κ3) is 3.10. The summed E-state index contributed by atoms with van der Waals surface area (Å²) in [6.07, 6.45) is 4.09. The zero-order chi connectivity index (χ0) is 12.8. The Balaban J connectivity index is 2.01. The van der Waals surface area contributed by atoms with Crippen LogP contribution in [0.4, 0.5) is 0 Å². The number of nitrogens with one attached hydrogen (secondary N) is 1. The first kappa shape index (κ1) is 12.6. The highest BCUT2D eigenvalue weighted by atomic mass is 15.6. The van der Waals surface area contributed by atoms with E-state index in [9.17, 15) is 0 Å². The lowest BCUT2D eigenvalue weighted by atomic mass is 10.3. The molecular formula is C10H18N8. The zero-order valence-electron chi connectivity index (χ0n) is 10.7. The number of tetrazole rings is 1. The molecule has 0 atom stereocenters. The maximum atomic E-state index is 4.05. The molecule has 2 rings (SSSR count). The van der Waals surface area contributed by atoms with E-state index < -0.39 is 0 Å². The van der Waals surface area contributed by atoms with Crippen LogP contribution in [0.15, 0.2) is 6.20 Å². The summed E-state index contributed by atoms with van der Waals surface area (Å²) in [4.78, 5) is 0. The largest absolute Gasteiger partial charge is 0.314 e. The average Bonchev–Trinajstić information content (AvgIpc) is 2.98. The van der Waals surface area contributed by atoms with Crippen LogP contribution in [-0.4, -0.2) is 42.2 Å². The molecule has 8 heteroatoms. The smallest absolute Gasteiger partial charge is 0.172 e. The number of hydrogen-bond acceptors (Lipinski definition) is 6. The molecule has 0 aromatic carbocycles. The van der Waals surface area contributed by atoms with Gasteiger partial charge in [0.2, 0.25) is 0 Å². The van der Waals surface area contributed by atoms with Crippen LogP contribution in [0, 0.1) is 0 Å². The third-order valence-electron chi connectivity index (χ3n) is 2.58. The van der Waals surface area contributed by atoms with Crippen LogP contribution in [0.25, 0.3) is 0 Å². The second-order valence-corrected chi connectivity index (χ2v) is 4.11. The predicted octanol–water partition coefficient (Wildman–Crippen LogP) is -0.168. The van der Waals surface area contributed by atoms with E-state index in [4.69, 9.17) is 0 Å². The van der Waals surface area contributed by atoms with Crippen LogP contribution in [0.2, 0.25) is 0 Å². The first-order valence-electron chi connectivity index (χ1n) is 6.12. The summed E-state index contributed by atoms with van der Waals surface area (Å²) in [5.41, 5.74) is 0.907. The van der Waals surface area contributed by atoms with Crippen molar-refractivity contribution in [2.45, 2.75) is 39.4 Å². The summed E-state index contributed by atoms with van der Waals surface area (Å²) in [5, 5.41) is 22.8. The molecule has 2 aromatic heterocycles. The van der Waals surface area contributed by atoms with Crippen LogP contribution in [0.3, 0.4) is 0 Å². The molecule has 0 fully saturated rings. The van der Waals surface area contributed by atoms with Gasteiger partial charge in [-0.15, -0.1) is 10.2 Å². The molecule has 98 valence electrons. The fourth-order valence-corrected chi connectivity index (χ4v) is 1.64. The lowest BCUT2D eigenvalue weighted by Gasteiger charge is -2.02. The maximum Gasteiger partial charge on any atom is 0.172 e. The minimum Gasteiger partial charge on any atom is -0.314 e. The molecule has 0 unspecified atom stereocenters. The fourth-order valence-electron chi connectivity index (χ4n) is 1.64. The zero-order valence-corrected chi connectivity index (χ0v) is 10.7. The molecule has 8 nitrogen and oxygen atoms in total. The van der Waals surface area contributed by atoms with Gasteiger partial charge in [-0.2, -0.15) is 0 Å². The van der Waals surface area contributed by atoms with Crippen molar-refractivity contribution >= 4 is 0 Å². The number of aromatic nitrogens is 7. The van der Waals surface area contributed by atoms with Gasteiger partial charge in [0, 0.05) is 13.1 Å². The van der Waals surface area contributed by atoms with Crippen LogP contribution in [-0.2, 0) is 19.6 Å². The van der Waals surface area contributed by atoms with E-state index >= 15 is 0 Å². The van der Waals surface area contributed by atoms with Gasteiger partial charge in [-0.25, -0.2) is 9.36 Å². The molecule has 0 aliphatic carbocycles. The van der Waals surface area contributed by atoms with Crippen molar-refractivity contribution in [2.75, 3.05) is 7.05 Å². The van der Waals surface area contributed by atoms with Crippen molar-refractivity contribution < 1.29 is 0 Å². The van der Waals surface area contributed by atoms with E-state index in [0.29, 0.717) is 13.1 Å². The van der Waals surface area contributed by atoms with Crippen molar-refractivity contribution in [3.05, 3.63) is 17.7 Å². The standard InChI is InChI=1S/C10H18N8/c1-3-4-5-18-10(13-14-16-18)8-17-7-9(6-11-2)12-15-17/h7,11H,3-6,8H2,1-2H3. The second-order valence-electron chi connectivity index (χ2n) is 4.11. The van der Waals surface area contributed by atoms with Gasteiger partial charge in [-0.1, -0.05) is 18.6 Å². The van der Waals surface area contributed by atoms with Crippen LogP contribution >= 0.6 is 0 Å². The lowest BCUT2D eigenvalue weighted by molar-refractivity contribution is 0.511. The Labute approximate surface area is 105 Å². The summed E-state index contributed by atoms with van der Waals surface area (Å²) >= 11 is 0. The lowest BCUT2D eigenvalue weighted by Crippen LogP contribution is -2.11. The number of nitrogens with zero attached hydrogens (tertiary/aromatic N) is 7. The Bertz CT molecular complexity index is 474. The summed E-state index contributed by atoms with van der Waals surface area (Å²) in [6, 6.07) is 0. The Morgan fingerprint density at radius 2 is 2.17 bits per heavy atom. The number of aryl methyl sites for hydroxylation is 1. The normalized spacial score (nSPS) is 11.0. The molecule has 0 saturated carbocycles. The highest BCUT2D eigenvalue weighted by Gasteiger charge is 2.08. The topological polar surface area (TPSA) is 86.3 Å². The minimum absolute atomic E-state index is 0.549. The first-order valence-corrected chi connectivity index (χ1v) is 6.12. The molecule has 0 radical (unpaired) electrons. The second kappa shape index (κ2) is 6.20. The van der Waals surface area contributed by atoms with Gasteiger partial charge in [0.25, 0.3) is 0 Å². The SMILES string of the molecule is CCCCn1nnnc1Cn1cc(CNC)nn1. The van der Waals surface area contributed by atoms with Crippen molar-refractivity contribution in [3.63, 3.8) is 0 Å². The molecular weight excluding hydrogens is 232 g/mol. The Morgan fingerprint density at radius 1 is 1.28 bits per heavy atom. The van der Waals surface area contributed by atoms with Gasteiger partial charge in [0.15, 0.2) is 5.82 Å². The molecule has 0 spiro atoms. The summed E-state index contributed by atoms with van der Waals surface area (Å²) in [6.45, 7) is 4.25. The average molecular weight is 250 g/mol. The Morgan fingerprint density at radius 3 is 2.94 bits per heavy atom. The van der Waals surface area contributed by atoms with Crippen molar-refractivity contribution in [3.8, 4) is 0 Å². The van der Waals surface area contributed by atoms with Crippen molar-refractivity contribution in [1.29, 1.82) is 0 Å². The van der Waals surface area contributed by atoms with Crippen molar-refractivity contribution in [2.24, 2.45) is 0 Å². The molecule has 0 saturated heterocycles. The molecule has 1 N–H and O–H groups in total. The van der Waals surface area contributed by atoms with E-state index in [1.54, 1.807) is 4.68 Å². The Kier molecular flexibility index (Phi) is 4.35. The van der Waals surface area contributed by atoms with Crippen LogP contribution in [0.1, 0.15) is 31.3 Å². The van der Waals surface area contributed by atoms with Gasteiger partial charge < -0.3 is 5.32 Å². The van der Waals surface area contributed by atoms with E-state index in [1.807, 2.05) is 17.9 Å². The number of rotatable bonds is 7. The molecule has 0 aliphatic heterocycles. The monoisotopic (exact) mass is 250 g/mol. The van der Waals surface area contributed by atoms with Crippen LogP contribution in [0.5, 0.6) is 0 Å². The van der Waals surface area contributed by atoms with Gasteiger partial charge >= 0.3 is 0 Å². The van der Waals surface area contributed by atoms with Gasteiger partial charge in [-0.3, -0.25) is 0 Å². The number of unbranched alkanes of at least 4 members (excludes halogenated alkanes) is 1. The highest BCUT2D eigenvalue weighted by Crippen LogP contribution is 2.00. The summed E-state index contributed by atoms with van der Waals surface area (Å²) in [7, 11) is 1.88. The molecule has 0 amide bonds. The van der Waals surface area contributed by atoms with Gasteiger partial charge in [-0.05, 0) is 23.9 Å². The summed E-state index contributed by atoms with van der Waals surface area (Å²) < 4.78 is 3.57. The Hall–Kier alpha value is -1.83. The van der Waals surface area contributed by atoms with E-state index in [2.05, 4.69) is 38.1 Å². The first-order chi connectivity index (χ1) is 8.83. The molecule has 18 heavy (non-hydrogen) atoms. The van der Waals surface area contributed by atoms with E-state index in [0.717, 1.165) is 30.9 Å².